The van der Waals surface area contributed by atoms with Crippen molar-refractivity contribution in [2.45, 2.75) is 12.5 Å². The van der Waals surface area contributed by atoms with Crippen LogP contribution in [0.15, 0.2) is 24.3 Å². The number of nitrogens with zero attached hydrogens (tertiary/aromatic N) is 1. The van der Waals surface area contributed by atoms with Crippen LogP contribution in [0.25, 0.3) is 10.9 Å². The highest BCUT2D eigenvalue weighted by atomic mass is 19.1. The van der Waals surface area contributed by atoms with Crippen LogP contribution in [0, 0.1) is 5.95 Å². The van der Waals surface area contributed by atoms with Crippen LogP contribution < -0.4 is 5.73 Å². The minimum Gasteiger partial charge on any atom is -0.480 e. The zero-order valence-corrected chi connectivity index (χ0v) is 8.80. The predicted molar refractivity (Wildman–Crippen MR) is 58.4 cm³/mol. The Morgan fingerprint density at radius 3 is 2.76 bits per heavy atom. The number of carboxylic acids is 1. The van der Waals surface area contributed by atoms with Crippen molar-refractivity contribution in [3.63, 3.8) is 0 Å². The Labute approximate surface area is 95.8 Å². The molecule has 0 aliphatic rings. The van der Waals surface area contributed by atoms with Gasteiger partial charge in [0.2, 0.25) is 5.95 Å². The lowest BCUT2D eigenvalue weighted by Gasteiger charge is -2.04. The van der Waals surface area contributed by atoms with Gasteiger partial charge in [-0.3, -0.25) is 4.79 Å². The molecule has 6 heteroatoms. The molecular formula is C11H11FN2O3. The molecule has 90 valence electrons. The second kappa shape index (κ2) is 4.06. The number of halogens is 1. The van der Waals surface area contributed by atoms with Crippen LogP contribution in [-0.4, -0.2) is 27.1 Å². The number of carboxylic acid groups (broad SMARTS) is 1. The lowest BCUT2D eigenvalue weighted by Crippen LogP contribution is -2.32. The van der Waals surface area contributed by atoms with Gasteiger partial charge in [0.15, 0.2) is 0 Å². The highest BCUT2D eigenvalue weighted by Crippen LogP contribution is 2.24. The second-order valence-corrected chi connectivity index (χ2v) is 3.75. The minimum atomic E-state index is -1.21. The van der Waals surface area contributed by atoms with Crippen molar-refractivity contribution >= 4 is 16.9 Å². The molecule has 0 bridgehead atoms. The van der Waals surface area contributed by atoms with E-state index in [9.17, 15) is 14.4 Å². The first kappa shape index (κ1) is 11.4. The largest absolute Gasteiger partial charge is 0.480 e. The molecule has 17 heavy (non-hydrogen) atoms. The fourth-order valence-electron chi connectivity index (χ4n) is 1.76. The van der Waals surface area contributed by atoms with Crippen LogP contribution in [0.1, 0.15) is 5.56 Å². The highest BCUT2D eigenvalue weighted by Gasteiger charge is 2.21. The molecule has 1 aromatic heterocycles. The maximum Gasteiger partial charge on any atom is 0.320 e. The fraction of sp³-hybridized carbons (Fsp3) is 0.182. The van der Waals surface area contributed by atoms with E-state index in [1.165, 1.54) is 6.07 Å². The van der Waals surface area contributed by atoms with Gasteiger partial charge in [0.1, 0.15) is 6.04 Å². The summed E-state index contributed by atoms with van der Waals surface area (Å²) < 4.78 is 14.1. The first-order valence-electron chi connectivity index (χ1n) is 4.98. The first-order valence-corrected chi connectivity index (χ1v) is 4.98. The third-order valence-corrected chi connectivity index (χ3v) is 2.63. The van der Waals surface area contributed by atoms with Gasteiger partial charge in [0, 0.05) is 17.4 Å². The molecular weight excluding hydrogens is 227 g/mol. The molecule has 2 aromatic rings. The van der Waals surface area contributed by atoms with Gasteiger partial charge in [-0.1, -0.05) is 18.2 Å². The fourth-order valence-corrected chi connectivity index (χ4v) is 1.76. The van der Waals surface area contributed by atoms with Crippen LogP contribution >= 0.6 is 0 Å². The van der Waals surface area contributed by atoms with E-state index in [2.05, 4.69) is 0 Å². The standard InChI is InChI=1S/C11H11FN2O3/c12-10-7(5-8(13)11(15)16)6-3-1-2-4-9(6)14(10)17/h1-4,8,17H,5,13H2,(H,15,16). The lowest BCUT2D eigenvalue weighted by atomic mass is 10.1. The van der Waals surface area contributed by atoms with Gasteiger partial charge in [-0.15, -0.1) is 0 Å². The number of para-hydroxylation sites is 1. The number of benzene rings is 1. The van der Waals surface area contributed by atoms with E-state index in [0.29, 0.717) is 10.1 Å². The van der Waals surface area contributed by atoms with Gasteiger partial charge in [0.25, 0.3) is 0 Å². The topological polar surface area (TPSA) is 88.5 Å². The molecule has 0 saturated heterocycles. The van der Waals surface area contributed by atoms with Crippen LogP contribution in [0.5, 0.6) is 0 Å². The Morgan fingerprint density at radius 1 is 1.47 bits per heavy atom. The van der Waals surface area contributed by atoms with Crippen molar-refractivity contribution in [2.24, 2.45) is 5.73 Å². The van der Waals surface area contributed by atoms with Crippen molar-refractivity contribution in [1.82, 2.24) is 4.73 Å². The van der Waals surface area contributed by atoms with Crippen molar-refractivity contribution in [1.29, 1.82) is 0 Å². The van der Waals surface area contributed by atoms with E-state index in [-0.39, 0.29) is 17.5 Å². The normalized spacial score (nSPS) is 12.8. The summed E-state index contributed by atoms with van der Waals surface area (Å²) in [7, 11) is 0. The SMILES string of the molecule is NC(Cc1c(F)n(O)c2ccccc12)C(=O)O. The van der Waals surface area contributed by atoms with Crippen molar-refractivity contribution in [3.8, 4) is 0 Å². The molecule has 1 aromatic carbocycles. The lowest BCUT2D eigenvalue weighted by molar-refractivity contribution is -0.138. The van der Waals surface area contributed by atoms with Crippen LogP contribution in [0.4, 0.5) is 4.39 Å². The molecule has 1 heterocycles. The van der Waals surface area contributed by atoms with Crippen LogP contribution in [0.2, 0.25) is 0 Å². The maximum atomic E-state index is 13.7. The molecule has 0 amide bonds. The van der Waals surface area contributed by atoms with Gasteiger partial charge in [-0.25, -0.2) is 0 Å². The van der Waals surface area contributed by atoms with E-state index in [4.69, 9.17) is 10.8 Å². The molecule has 0 aliphatic heterocycles. The number of aliphatic carboxylic acids is 1. The molecule has 2 rings (SSSR count). The van der Waals surface area contributed by atoms with Crippen LogP contribution in [0.3, 0.4) is 0 Å². The van der Waals surface area contributed by atoms with E-state index in [1.54, 1.807) is 18.2 Å². The number of rotatable bonds is 3. The molecule has 0 aliphatic carbocycles. The number of nitrogens with two attached hydrogens (primary N) is 1. The maximum absolute atomic E-state index is 13.7. The summed E-state index contributed by atoms with van der Waals surface area (Å²) in [5.74, 6) is -2.08. The Hall–Kier alpha value is -2.08. The van der Waals surface area contributed by atoms with Crippen molar-refractivity contribution in [2.75, 3.05) is 0 Å². The quantitative estimate of drug-likeness (QED) is 0.695. The zero-order valence-electron chi connectivity index (χ0n) is 8.80. The summed E-state index contributed by atoms with van der Waals surface area (Å²) in [5.41, 5.74) is 5.76. The summed E-state index contributed by atoms with van der Waals surface area (Å²) in [5, 5.41) is 18.6. The number of aromatic nitrogens is 1. The number of hydrogen-bond donors (Lipinski definition) is 3. The van der Waals surface area contributed by atoms with Gasteiger partial charge in [-0.2, -0.15) is 9.12 Å². The number of hydrogen-bond acceptors (Lipinski definition) is 3. The molecule has 5 nitrogen and oxygen atoms in total. The summed E-state index contributed by atoms with van der Waals surface area (Å²) in [6.45, 7) is 0. The smallest absolute Gasteiger partial charge is 0.320 e. The Morgan fingerprint density at radius 2 is 2.12 bits per heavy atom. The average molecular weight is 238 g/mol. The monoisotopic (exact) mass is 238 g/mol. The Balaban J connectivity index is 2.53. The minimum absolute atomic E-state index is 0.109. The highest BCUT2D eigenvalue weighted by molar-refractivity contribution is 5.85. The van der Waals surface area contributed by atoms with E-state index >= 15 is 0 Å². The molecule has 1 unspecified atom stereocenters. The van der Waals surface area contributed by atoms with Gasteiger partial charge < -0.3 is 16.0 Å². The Kier molecular flexibility index (Phi) is 2.72. The van der Waals surface area contributed by atoms with Crippen molar-refractivity contribution < 1.29 is 19.5 Å². The summed E-state index contributed by atoms with van der Waals surface area (Å²) in [6.07, 6.45) is -0.171. The van der Waals surface area contributed by atoms with E-state index < -0.39 is 18.0 Å². The Bertz CT molecular complexity index is 579. The molecule has 0 fully saturated rings. The van der Waals surface area contributed by atoms with E-state index in [0.717, 1.165) is 0 Å². The summed E-state index contributed by atoms with van der Waals surface area (Å²) >= 11 is 0. The zero-order chi connectivity index (χ0) is 12.6. The van der Waals surface area contributed by atoms with Crippen LogP contribution in [-0.2, 0) is 11.2 Å². The second-order valence-electron chi connectivity index (χ2n) is 3.75. The summed E-state index contributed by atoms with van der Waals surface area (Å²) in [6, 6.07) is 5.27. The molecule has 0 spiro atoms. The van der Waals surface area contributed by atoms with Crippen molar-refractivity contribution in [3.05, 3.63) is 35.8 Å². The number of carbonyl (C=O) groups is 1. The van der Waals surface area contributed by atoms with Gasteiger partial charge >= 0.3 is 5.97 Å². The molecule has 1 atom stereocenters. The van der Waals surface area contributed by atoms with Gasteiger partial charge in [-0.05, 0) is 6.07 Å². The molecule has 0 saturated carbocycles. The van der Waals surface area contributed by atoms with Gasteiger partial charge in [0.05, 0.1) is 5.52 Å². The van der Waals surface area contributed by atoms with E-state index in [1.807, 2.05) is 0 Å². The predicted octanol–water partition coefficient (Wildman–Crippen LogP) is 0.972. The molecule has 0 radical (unpaired) electrons. The summed E-state index contributed by atoms with van der Waals surface area (Å²) in [4.78, 5) is 10.6. The first-order chi connectivity index (χ1) is 8.02. The third-order valence-electron chi connectivity index (χ3n) is 2.63. The molecule has 4 N–H and O–H groups in total. The average Bonchev–Trinajstić information content (AvgIpc) is 2.55. The number of fused-ring (bicyclic) bond motifs is 1. The third kappa shape index (κ3) is 1.83.